The van der Waals surface area contributed by atoms with E-state index in [2.05, 4.69) is 12.2 Å². The van der Waals surface area contributed by atoms with Gasteiger partial charge in [0.1, 0.15) is 17.9 Å². The van der Waals surface area contributed by atoms with Crippen molar-refractivity contribution in [1.82, 2.24) is 0 Å². The number of cyclic esters (lactones) is 1. The summed E-state index contributed by atoms with van der Waals surface area (Å²) in [4.78, 5) is 37.8. The Morgan fingerprint density at radius 1 is 1.22 bits per heavy atom. The Hall–Kier alpha value is -3.27. The molecule has 1 aliphatic heterocycles. The zero-order valence-electron chi connectivity index (χ0n) is 20.2. The number of allylic oxidation sites excluding steroid dienone is 1. The number of hydrogen-bond acceptors (Lipinski definition) is 9. The van der Waals surface area contributed by atoms with Gasteiger partial charge in [-0.15, -0.1) is 0 Å². The highest BCUT2D eigenvalue weighted by atomic mass is 35.5. The summed E-state index contributed by atoms with van der Waals surface area (Å²) in [6.07, 6.45) is 3.52. The largest absolute Gasteiger partial charge is 0.496 e. The van der Waals surface area contributed by atoms with E-state index in [1.165, 1.54) is 14.2 Å². The van der Waals surface area contributed by atoms with Crippen LogP contribution in [0.2, 0.25) is 0 Å². The van der Waals surface area contributed by atoms with Gasteiger partial charge >= 0.3 is 17.9 Å². The molecular weight excluding hydrogens is 508 g/mol. The molecule has 2 aromatic rings. The fraction of sp³-hybridized carbons (Fsp3) is 0.308. The monoisotopic (exact) mass is 532 g/mol. The van der Waals surface area contributed by atoms with Crippen LogP contribution in [0.25, 0.3) is 0 Å². The summed E-state index contributed by atoms with van der Waals surface area (Å²) >= 11 is 10.9. The Kier molecular flexibility index (Phi) is 8.84. The van der Waals surface area contributed by atoms with E-state index in [1.54, 1.807) is 56.3 Å². The van der Waals surface area contributed by atoms with E-state index in [0.29, 0.717) is 28.0 Å². The standard InChI is InChI=1S/C26H25ClO8S/c1-15(26(27,32-4)25(30)34-14-36)9-8-12-18-21(31-3)16(2)19-13-33-24(29)20(19)22(18)35-23(28)17-10-6-5-7-11-17/h5-11,14-15H,12-13H2,1-4H3/t15?,26-/m0/s1. The Balaban J connectivity index is 2.03. The lowest BCUT2D eigenvalue weighted by atomic mass is 9.94. The van der Waals surface area contributed by atoms with Gasteiger partial charge in [-0.25, -0.2) is 14.4 Å². The molecule has 0 radical (unpaired) electrons. The predicted octanol–water partition coefficient (Wildman–Crippen LogP) is 4.71. The Morgan fingerprint density at radius 3 is 2.53 bits per heavy atom. The van der Waals surface area contributed by atoms with Crippen LogP contribution in [0.1, 0.15) is 44.3 Å². The average Bonchev–Trinajstić information content (AvgIpc) is 3.27. The van der Waals surface area contributed by atoms with Crippen LogP contribution in [0.4, 0.5) is 0 Å². The van der Waals surface area contributed by atoms with Crippen LogP contribution in [0, 0.1) is 12.8 Å². The summed E-state index contributed by atoms with van der Waals surface area (Å²) in [5.41, 5.74) is 3.05. The van der Waals surface area contributed by atoms with Crippen molar-refractivity contribution in [2.45, 2.75) is 31.9 Å². The third kappa shape index (κ3) is 5.28. The van der Waals surface area contributed by atoms with E-state index in [4.69, 9.17) is 35.3 Å². The molecule has 0 aliphatic carbocycles. The van der Waals surface area contributed by atoms with Gasteiger partial charge in [-0.2, -0.15) is 0 Å². The summed E-state index contributed by atoms with van der Waals surface area (Å²) in [6.45, 7) is 3.51. The number of alkyl halides is 1. The number of fused-ring (bicyclic) bond motifs is 1. The number of thiocarbonyl (C=S) groups is 1. The van der Waals surface area contributed by atoms with Crippen LogP contribution >= 0.6 is 23.8 Å². The number of methoxy groups -OCH3 is 2. The Morgan fingerprint density at radius 2 is 1.92 bits per heavy atom. The van der Waals surface area contributed by atoms with E-state index < -0.39 is 28.9 Å². The number of benzene rings is 2. The number of esters is 3. The van der Waals surface area contributed by atoms with Gasteiger partial charge in [0.05, 0.1) is 12.7 Å². The zero-order valence-corrected chi connectivity index (χ0v) is 21.7. The van der Waals surface area contributed by atoms with Crippen molar-refractivity contribution >= 4 is 47.3 Å². The number of hydrogen-bond donors (Lipinski definition) is 0. The van der Waals surface area contributed by atoms with Gasteiger partial charge in [0.25, 0.3) is 0 Å². The van der Waals surface area contributed by atoms with Gasteiger partial charge in [0.15, 0.2) is 11.3 Å². The molecule has 0 amide bonds. The number of carbonyl (C=O) groups is 3. The lowest BCUT2D eigenvalue weighted by Crippen LogP contribution is -2.41. The second-order valence-electron chi connectivity index (χ2n) is 7.92. The lowest BCUT2D eigenvalue weighted by molar-refractivity contribution is -0.152. The highest BCUT2D eigenvalue weighted by Gasteiger charge is 2.43. The van der Waals surface area contributed by atoms with Crippen molar-refractivity contribution in [1.29, 1.82) is 0 Å². The van der Waals surface area contributed by atoms with Gasteiger partial charge in [-0.05, 0) is 43.3 Å². The molecule has 0 bridgehead atoms. The molecule has 1 unspecified atom stereocenters. The number of carbonyl (C=O) groups excluding carboxylic acids is 3. The van der Waals surface area contributed by atoms with Gasteiger partial charge in [-0.1, -0.05) is 48.9 Å². The smallest absolute Gasteiger partial charge is 0.360 e. The summed E-state index contributed by atoms with van der Waals surface area (Å²) in [5.74, 6) is -2.22. The third-order valence-electron chi connectivity index (χ3n) is 5.89. The molecule has 0 aromatic heterocycles. The molecule has 0 saturated carbocycles. The van der Waals surface area contributed by atoms with Crippen molar-refractivity contribution in [3.05, 3.63) is 70.3 Å². The molecule has 0 N–H and O–H groups in total. The maximum atomic E-state index is 12.9. The maximum absolute atomic E-state index is 12.9. The van der Waals surface area contributed by atoms with Crippen molar-refractivity contribution in [3.63, 3.8) is 0 Å². The number of ether oxygens (including phenoxy) is 5. The van der Waals surface area contributed by atoms with Crippen LogP contribution in [0.15, 0.2) is 42.5 Å². The van der Waals surface area contributed by atoms with E-state index >= 15 is 0 Å². The summed E-state index contributed by atoms with van der Waals surface area (Å²) in [7, 11) is 2.77. The molecule has 3 rings (SSSR count). The molecule has 0 saturated heterocycles. The van der Waals surface area contributed by atoms with Crippen LogP contribution < -0.4 is 9.47 Å². The van der Waals surface area contributed by atoms with E-state index in [1.807, 2.05) is 0 Å². The molecule has 8 nitrogen and oxygen atoms in total. The Labute approximate surface area is 219 Å². The van der Waals surface area contributed by atoms with Crippen LogP contribution in [-0.2, 0) is 32.0 Å². The molecule has 36 heavy (non-hydrogen) atoms. The summed E-state index contributed by atoms with van der Waals surface area (Å²) in [5, 5.41) is -1.81. The second kappa shape index (κ2) is 11.6. The predicted molar refractivity (Wildman–Crippen MR) is 136 cm³/mol. The minimum atomic E-state index is -1.81. The average molecular weight is 533 g/mol. The highest BCUT2D eigenvalue weighted by molar-refractivity contribution is 7.78. The minimum absolute atomic E-state index is 0.0456. The van der Waals surface area contributed by atoms with Gasteiger partial charge in [0, 0.05) is 24.2 Å². The maximum Gasteiger partial charge on any atom is 0.360 e. The van der Waals surface area contributed by atoms with Crippen LogP contribution in [0.5, 0.6) is 11.5 Å². The zero-order chi connectivity index (χ0) is 26.5. The molecule has 1 aliphatic rings. The number of rotatable bonds is 10. The summed E-state index contributed by atoms with van der Waals surface area (Å²) < 4.78 is 26.6. The quantitative estimate of drug-likeness (QED) is 0.142. The second-order valence-corrected chi connectivity index (χ2v) is 8.68. The molecule has 190 valence electrons. The van der Waals surface area contributed by atoms with E-state index in [0.717, 1.165) is 5.55 Å². The molecule has 0 spiro atoms. The van der Waals surface area contributed by atoms with Gasteiger partial charge in [-0.3, -0.25) is 0 Å². The lowest BCUT2D eigenvalue weighted by Gasteiger charge is -2.26. The Bertz CT molecular complexity index is 1210. The SMILES string of the molecule is COc1c(C)c2c(c(OC(=O)c3ccccc3)c1CC=CC(C)[C@](Cl)(OC)C(=O)OC=S)C(=O)OC2. The van der Waals surface area contributed by atoms with E-state index in [9.17, 15) is 14.4 Å². The van der Waals surface area contributed by atoms with Crippen molar-refractivity contribution in [2.24, 2.45) is 5.92 Å². The fourth-order valence-electron chi connectivity index (χ4n) is 3.94. The van der Waals surface area contributed by atoms with Crippen molar-refractivity contribution in [2.75, 3.05) is 14.2 Å². The first kappa shape index (κ1) is 27.3. The first-order valence-corrected chi connectivity index (χ1v) is 11.8. The van der Waals surface area contributed by atoms with Crippen LogP contribution in [0.3, 0.4) is 0 Å². The highest BCUT2D eigenvalue weighted by Crippen LogP contribution is 2.43. The molecular formula is C26H25ClO8S. The first-order chi connectivity index (χ1) is 17.2. The number of halogens is 1. The minimum Gasteiger partial charge on any atom is -0.496 e. The normalized spacial score (nSPS) is 15.0. The first-order valence-electron chi connectivity index (χ1n) is 10.9. The van der Waals surface area contributed by atoms with Gasteiger partial charge < -0.3 is 23.7 Å². The molecule has 2 aromatic carbocycles. The van der Waals surface area contributed by atoms with E-state index in [-0.39, 0.29) is 24.3 Å². The van der Waals surface area contributed by atoms with Crippen LogP contribution in [-0.4, -0.2) is 42.7 Å². The van der Waals surface area contributed by atoms with Crippen molar-refractivity contribution in [3.8, 4) is 11.5 Å². The molecule has 0 fully saturated rings. The van der Waals surface area contributed by atoms with Crippen molar-refractivity contribution < 1.29 is 38.1 Å². The van der Waals surface area contributed by atoms with Gasteiger partial charge in [0.2, 0.25) is 5.06 Å². The third-order valence-corrected chi connectivity index (χ3v) is 6.64. The molecule has 1 heterocycles. The fourth-order valence-corrected chi connectivity index (χ4v) is 4.15. The molecule has 2 atom stereocenters. The molecule has 10 heteroatoms. The topological polar surface area (TPSA) is 97.4 Å². The summed E-state index contributed by atoms with van der Waals surface area (Å²) in [6, 6.07) is 8.41.